The maximum atomic E-state index is 14.6. The third-order valence-electron chi connectivity index (χ3n) is 22.5. The zero-order chi connectivity index (χ0) is 109. The molecule has 0 aliphatic carbocycles. The summed E-state index contributed by atoms with van der Waals surface area (Å²) < 4.78 is 0. The van der Waals surface area contributed by atoms with Crippen LogP contribution in [0.4, 0.5) is 0 Å². The Bertz CT molecular complexity index is 5070. The van der Waals surface area contributed by atoms with E-state index in [0.717, 1.165) is 5.56 Å². The van der Waals surface area contributed by atoms with Gasteiger partial charge in [-0.15, -0.1) is 0 Å². The Balaban J connectivity index is 1.92. The number of aliphatic hydroxyl groups is 22. The minimum Gasteiger partial charge on any atom is -0.497 e. The number of hydrogen-bond acceptors (Lipinski definition) is 25. The summed E-state index contributed by atoms with van der Waals surface area (Å²) in [7, 11) is 0. The summed E-state index contributed by atoms with van der Waals surface area (Å²) in [6.45, 7) is 35.9. The molecule has 2 saturated heterocycles. The lowest BCUT2D eigenvalue weighted by molar-refractivity contribution is -0.136. The normalized spacial score (nSPS) is 19.4. The maximum Gasteiger partial charge on any atom is 0.250 e. The van der Waals surface area contributed by atoms with Crippen LogP contribution >= 0.6 is 0 Å². The molecule has 142 heavy (non-hydrogen) atoms. The zero-order valence-electron chi connectivity index (χ0n) is 86.3. The molecule has 48 nitrogen and oxygen atoms in total. The SMILES string of the molecule is CC(O)=NC(C)(C)C(=O)N1CCC[C@@H]1C(O)=NC(C)(C)C(O)=N[C@@H](C)C(O)=NC(C)(C)C(O)=N[C@@H](C)C(O)=N[C@@H](CCC(=N)O)C(O)=NC(C)(C)C(O)=N[C@H](C(O)=NC(C)(C)C(O)=NCC(O)=N[C@@H](CC(C)C)C(O)=NC(C)(C)C(=O)N1CCC[C@H]1C(O)=N[C@H](C(O)=NC(C)(C)C(O)=NC(C)(C)C(O)=N[C@@H](CCC(=N)O)C(O)=NC(CCC(=N)O)C(O)=NC(CNCCO)Cc1ccccc1)C(C)C)C(C)C. The fourth-order valence-electron chi connectivity index (χ4n) is 14.2. The third kappa shape index (κ3) is 38.8. The van der Waals surface area contributed by atoms with Crippen LogP contribution in [0.5, 0.6) is 0 Å². The summed E-state index contributed by atoms with van der Waals surface area (Å²) >= 11 is 0. The van der Waals surface area contributed by atoms with Crippen molar-refractivity contribution in [3.63, 3.8) is 0 Å². The van der Waals surface area contributed by atoms with Crippen molar-refractivity contribution in [2.75, 3.05) is 39.3 Å². The van der Waals surface area contributed by atoms with E-state index in [-0.39, 0.29) is 83.1 Å². The summed E-state index contributed by atoms with van der Waals surface area (Å²) in [5.41, 5.74) is -13.0. The van der Waals surface area contributed by atoms with Crippen molar-refractivity contribution in [2.45, 2.75) is 361 Å². The van der Waals surface area contributed by atoms with Crippen LogP contribution < -0.4 is 5.32 Å². The average Bonchev–Trinajstić information content (AvgIpc) is 1.80. The van der Waals surface area contributed by atoms with Gasteiger partial charge in [0.1, 0.15) is 111 Å². The van der Waals surface area contributed by atoms with E-state index < -0.39 is 272 Å². The van der Waals surface area contributed by atoms with Gasteiger partial charge in [-0.25, -0.2) is 89.9 Å². The van der Waals surface area contributed by atoms with E-state index in [9.17, 15) is 122 Å². The average molecular weight is 2010 g/mol. The number of nitrogens with one attached hydrogen (secondary N) is 4. The van der Waals surface area contributed by atoms with Gasteiger partial charge < -0.3 is 127 Å². The number of hydrogen-bond donors (Lipinski definition) is 26. The van der Waals surface area contributed by atoms with Gasteiger partial charge in [0.05, 0.1) is 12.6 Å². The summed E-state index contributed by atoms with van der Waals surface area (Å²) in [4.78, 5) is 107. The smallest absolute Gasteiger partial charge is 0.250 e. The summed E-state index contributed by atoms with van der Waals surface area (Å²) in [5.74, 6) is -17.8. The number of carbonyl (C=O) groups excluding carboxylic acids is 2. The Kier molecular flexibility index (Phi) is 46.1. The van der Waals surface area contributed by atoms with Gasteiger partial charge in [-0.2, -0.15) is 0 Å². The Morgan fingerprint density at radius 3 is 1.23 bits per heavy atom. The number of aliphatic imine (C=N–C) groups is 18. The molecule has 796 valence electrons. The molecule has 0 aromatic heterocycles. The summed E-state index contributed by atoms with van der Waals surface area (Å²) in [6, 6.07) is -4.71. The van der Waals surface area contributed by atoms with Crippen molar-refractivity contribution in [3.05, 3.63) is 35.9 Å². The molecule has 0 saturated carbocycles. The Hall–Kier alpha value is -13.0. The molecule has 3 rings (SSSR count). The van der Waals surface area contributed by atoms with Gasteiger partial charge in [0.25, 0.3) is 11.8 Å². The number of likely N-dealkylation sites (tertiary alicyclic amines) is 2. The molecule has 2 amide bonds. The van der Waals surface area contributed by atoms with E-state index in [1.807, 2.05) is 30.3 Å². The highest BCUT2D eigenvalue weighted by molar-refractivity contribution is 6.01. The van der Waals surface area contributed by atoms with Crippen LogP contribution in [-0.4, -0.2) is 408 Å². The molecule has 1 aromatic carbocycles. The predicted molar refractivity (Wildman–Crippen MR) is 557 cm³/mol. The number of amides is 2. The third-order valence-corrected chi connectivity index (χ3v) is 22.5. The number of rotatable bonds is 56. The van der Waals surface area contributed by atoms with Gasteiger partial charge in [0, 0.05) is 52.4 Å². The molecule has 26 N–H and O–H groups in total. The number of nitrogens with zero attached hydrogens (tertiary/aromatic N) is 20. The van der Waals surface area contributed by atoms with Gasteiger partial charge in [-0.1, -0.05) is 71.9 Å². The van der Waals surface area contributed by atoms with E-state index in [1.54, 1.807) is 41.5 Å². The first-order chi connectivity index (χ1) is 65.3. The molecule has 0 spiro atoms. The first kappa shape index (κ1) is 123. The van der Waals surface area contributed by atoms with Crippen molar-refractivity contribution >= 4 is 136 Å². The molecule has 2 unspecified atom stereocenters. The molecular weight excluding hydrogens is 1850 g/mol. The van der Waals surface area contributed by atoms with Gasteiger partial charge >= 0.3 is 0 Å². The molecule has 2 fully saturated rings. The predicted octanol–water partition coefficient (Wildman–Crippen LogP) is 12.9. The highest BCUT2D eigenvalue weighted by Crippen LogP contribution is 2.31. The van der Waals surface area contributed by atoms with Crippen LogP contribution in [-0.2, 0) is 16.0 Å². The second-order valence-electron chi connectivity index (χ2n) is 40.3. The van der Waals surface area contributed by atoms with Crippen molar-refractivity contribution < 1.29 is 122 Å². The quantitative estimate of drug-likeness (QED) is 0.0164. The highest BCUT2D eigenvalue weighted by Gasteiger charge is 2.45. The van der Waals surface area contributed by atoms with E-state index in [0.29, 0.717) is 25.7 Å². The zero-order valence-corrected chi connectivity index (χ0v) is 86.3. The van der Waals surface area contributed by atoms with Crippen molar-refractivity contribution in [3.8, 4) is 0 Å². The fraction of sp³-hybridized carbons (Fsp3) is 0.691. The fourth-order valence-corrected chi connectivity index (χ4v) is 14.2. The Morgan fingerprint density at radius 2 is 0.768 bits per heavy atom. The molecule has 0 bridgehead atoms. The molecule has 0 radical (unpaired) electrons. The lowest BCUT2D eigenvalue weighted by Crippen LogP contribution is -2.50. The molecule has 2 aliphatic heterocycles. The minimum absolute atomic E-state index is 0.0460. The number of benzene rings is 1. The van der Waals surface area contributed by atoms with E-state index in [1.165, 1.54) is 141 Å². The van der Waals surface area contributed by atoms with Crippen LogP contribution in [0.2, 0.25) is 0 Å². The van der Waals surface area contributed by atoms with Gasteiger partial charge in [-0.05, 0) is 206 Å². The lowest BCUT2D eigenvalue weighted by Gasteiger charge is -2.31. The van der Waals surface area contributed by atoms with Crippen LogP contribution in [0.3, 0.4) is 0 Å². The highest BCUT2D eigenvalue weighted by atomic mass is 16.3. The van der Waals surface area contributed by atoms with Crippen molar-refractivity contribution in [1.82, 2.24) is 15.1 Å². The van der Waals surface area contributed by atoms with Crippen LogP contribution in [0.15, 0.2) is 120 Å². The van der Waals surface area contributed by atoms with Crippen molar-refractivity contribution in [2.24, 2.45) is 108 Å². The van der Waals surface area contributed by atoms with Crippen LogP contribution in [0, 0.1) is 34.0 Å². The van der Waals surface area contributed by atoms with Gasteiger partial charge in [-0.3, -0.25) is 25.8 Å². The Morgan fingerprint density at radius 1 is 0.394 bits per heavy atom. The number of aliphatic hydroxyl groups excluding tert-OH is 22. The standard InChI is InChI=1S/C94H156N24O24/c1-49(2)45-60(74(130)112-94(24,25)86(142)117-42-29-33-61(117)75(131)107-67(50(3)4)77(133)115-92(20,21)84(140)116-91(18,19)82(138)106-58(36-39-64(96)122)72(128)105-57(35-38-63(95)121)71(127)102-56(47-98-41-44-119)46-55-31-27-26-28-32-55)103-66(124)48-99-79(135)87(10,11)114-78(134)68(51(5)6)108-83(139)90(16,17)111-73(129)59(37-40-65(97)123)104-69(125)52(7)100-80(136)88(12,13)110-70(126)53(8)101-81(137)89(14,15)113-76(132)62-34-30-43-118(62)85(141)93(22,23)109-54(9)120/h26-28,31-32,49-53,56-62,67-68,98,119H,29-30,33-48H2,1-25H3,(H2,95,121)(H2,96,122)(H2,97,123)(H,99,135)(H,100,136)(H,101,137)(H,102,127)(H,103,124)(H,104,125)(H,105,128)(H,106,138)(H,107,131)(H,108,139)(H,109,120)(H,110,126)(H,111,129)(H,112,130)(H,113,132)(H,114,134)(H,115,133)(H,116,140)/t52-,53-,56?,57?,58-,59-,60-,61-,62+,67-,68-/m0/s1. The molecular formula is C94H156N24O24. The van der Waals surface area contributed by atoms with Crippen LogP contribution in [0.1, 0.15) is 249 Å². The minimum atomic E-state index is -1.88. The van der Waals surface area contributed by atoms with E-state index in [4.69, 9.17) is 16.2 Å². The molecule has 2 aliphatic rings. The lowest BCUT2D eigenvalue weighted by atomic mass is 10.0. The molecule has 11 atom stereocenters. The van der Waals surface area contributed by atoms with E-state index >= 15 is 0 Å². The van der Waals surface area contributed by atoms with Crippen molar-refractivity contribution in [1.29, 1.82) is 16.2 Å². The van der Waals surface area contributed by atoms with Gasteiger partial charge in [0.15, 0.2) is 23.6 Å². The molecule has 1 aromatic rings. The number of carbonyl (C=O) groups is 2. The summed E-state index contributed by atoms with van der Waals surface area (Å²) in [5, 5.41) is 270. The second-order valence-corrected chi connectivity index (χ2v) is 40.3. The first-order valence-corrected chi connectivity index (χ1v) is 47.0. The van der Waals surface area contributed by atoms with Gasteiger partial charge in [0.2, 0.25) is 100 Å². The second kappa shape index (κ2) is 53.2. The van der Waals surface area contributed by atoms with Crippen LogP contribution in [0.25, 0.3) is 0 Å². The Labute approximate surface area is 829 Å². The molecule has 48 heteroatoms. The monoisotopic (exact) mass is 2010 g/mol. The summed E-state index contributed by atoms with van der Waals surface area (Å²) in [6.07, 6.45) is -0.386. The first-order valence-electron chi connectivity index (χ1n) is 47.0. The topological polar surface area (TPSA) is 792 Å². The van der Waals surface area contributed by atoms with E-state index in [2.05, 4.69) is 95.2 Å². The molecule has 2 heterocycles. The largest absolute Gasteiger partial charge is 0.497 e. The maximum absolute atomic E-state index is 14.6.